The van der Waals surface area contributed by atoms with E-state index in [9.17, 15) is 5.11 Å². The number of fused-ring (bicyclic) bond motifs is 5. The Labute approximate surface area is 216 Å². The molecule has 0 aromatic rings. The molecule has 3 nitrogen and oxygen atoms in total. The summed E-state index contributed by atoms with van der Waals surface area (Å²) >= 11 is 0. The molecule has 1 N–H and O–H groups in total. The van der Waals surface area contributed by atoms with Crippen LogP contribution in [0.5, 0.6) is 0 Å². The summed E-state index contributed by atoms with van der Waals surface area (Å²) in [6.45, 7) is 20.9. The first-order valence-electron chi connectivity index (χ1n) is 15.3. The van der Waals surface area contributed by atoms with Gasteiger partial charge in [-0.15, -0.1) is 0 Å². The third kappa shape index (κ3) is 3.82. The number of rotatable bonds is 5. The normalized spacial score (nSPS) is 49.0. The number of ether oxygens (including phenoxy) is 2. The summed E-state index contributed by atoms with van der Waals surface area (Å²) < 4.78 is 12.7. The van der Waals surface area contributed by atoms with Crippen LogP contribution in [0.25, 0.3) is 0 Å². The predicted molar refractivity (Wildman–Crippen MR) is 143 cm³/mol. The Morgan fingerprint density at radius 2 is 1.46 bits per heavy atom. The molecule has 4 saturated carbocycles. The SMILES string of the molecule is CC(C)CCC[C@@H](C)[C@H]1CC[C@H]2[C@H]3[C@H](CC[C@]12C)[C@@]1(C)CCC2(OCCO2)C(C)(C)[C@@H]1C[C@@]3(C)O. The van der Waals surface area contributed by atoms with Crippen molar-refractivity contribution in [3.8, 4) is 0 Å². The van der Waals surface area contributed by atoms with Crippen LogP contribution in [0, 0.1) is 57.7 Å². The number of aliphatic hydroxyl groups is 1. The molecular weight excluding hydrogens is 432 g/mol. The van der Waals surface area contributed by atoms with Crippen molar-refractivity contribution >= 4 is 0 Å². The summed E-state index contributed by atoms with van der Waals surface area (Å²) in [5.41, 5.74) is -0.0331. The van der Waals surface area contributed by atoms with Gasteiger partial charge in [0.05, 0.1) is 18.8 Å². The van der Waals surface area contributed by atoms with E-state index < -0.39 is 11.4 Å². The molecule has 0 aromatic heterocycles. The van der Waals surface area contributed by atoms with Gasteiger partial charge in [0.2, 0.25) is 0 Å². The number of hydrogen-bond donors (Lipinski definition) is 1. The average Bonchev–Trinajstić information content (AvgIpc) is 3.38. The summed E-state index contributed by atoms with van der Waals surface area (Å²) in [5, 5.41) is 12.3. The van der Waals surface area contributed by atoms with Gasteiger partial charge in [0.25, 0.3) is 0 Å². The molecule has 1 spiro atoms. The molecule has 4 aliphatic carbocycles. The van der Waals surface area contributed by atoms with Crippen molar-refractivity contribution < 1.29 is 14.6 Å². The van der Waals surface area contributed by atoms with Gasteiger partial charge in [0.1, 0.15) is 0 Å². The zero-order chi connectivity index (χ0) is 25.4. The lowest BCUT2D eigenvalue weighted by Gasteiger charge is -2.69. The van der Waals surface area contributed by atoms with Crippen LogP contribution in [0.15, 0.2) is 0 Å². The standard InChI is InChI=1S/C32H56O3/c1-21(2)10-9-11-22(3)23-12-13-24-27-25(14-15-29(23,24)6)30(7)16-17-32(34-18-19-35-32)28(4,5)26(30)20-31(27,8)33/h21-27,33H,9-20H2,1-8H3/t22-,23-,24+,25+,26+,27+,29-,30-,31-/m1/s1. The molecule has 3 heteroatoms. The second-order valence-corrected chi connectivity index (χ2v) is 15.6. The second-order valence-electron chi connectivity index (χ2n) is 15.6. The first-order valence-corrected chi connectivity index (χ1v) is 15.3. The summed E-state index contributed by atoms with van der Waals surface area (Å²) in [6.07, 6.45) is 12.6. The zero-order valence-electron chi connectivity index (χ0n) is 24.3. The minimum atomic E-state index is -0.606. The summed E-state index contributed by atoms with van der Waals surface area (Å²) in [5.74, 6) is 4.14. The Bertz CT molecular complexity index is 780. The van der Waals surface area contributed by atoms with Crippen LogP contribution in [-0.4, -0.2) is 29.7 Å². The predicted octanol–water partition coefficient (Wildman–Crippen LogP) is 7.85. The molecule has 0 aromatic carbocycles. The Morgan fingerprint density at radius 1 is 0.800 bits per heavy atom. The molecule has 0 unspecified atom stereocenters. The van der Waals surface area contributed by atoms with Crippen LogP contribution in [0.1, 0.15) is 120 Å². The third-order valence-electron chi connectivity index (χ3n) is 13.0. The summed E-state index contributed by atoms with van der Waals surface area (Å²) in [4.78, 5) is 0. The molecule has 5 fully saturated rings. The van der Waals surface area contributed by atoms with E-state index in [4.69, 9.17) is 9.47 Å². The van der Waals surface area contributed by atoms with Gasteiger partial charge in [-0.25, -0.2) is 0 Å². The largest absolute Gasteiger partial charge is 0.390 e. The van der Waals surface area contributed by atoms with Crippen molar-refractivity contribution in [1.29, 1.82) is 0 Å². The quantitative estimate of drug-likeness (QED) is 0.428. The zero-order valence-corrected chi connectivity index (χ0v) is 24.3. The maximum atomic E-state index is 12.3. The van der Waals surface area contributed by atoms with Crippen LogP contribution < -0.4 is 0 Å². The molecule has 35 heavy (non-hydrogen) atoms. The molecule has 202 valence electrons. The van der Waals surface area contributed by atoms with E-state index in [1.807, 2.05) is 0 Å². The Kier molecular flexibility index (Phi) is 6.58. The van der Waals surface area contributed by atoms with Crippen molar-refractivity contribution in [3.63, 3.8) is 0 Å². The van der Waals surface area contributed by atoms with Crippen molar-refractivity contribution in [2.24, 2.45) is 57.7 Å². The minimum absolute atomic E-state index is 0.0879. The van der Waals surface area contributed by atoms with Crippen LogP contribution >= 0.6 is 0 Å². The van der Waals surface area contributed by atoms with E-state index in [-0.39, 0.29) is 10.8 Å². The smallest absolute Gasteiger partial charge is 0.173 e. The average molecular weight is 489 g/mol. The Morgan fingerprint density at radius 3 is 2.11 bits per heavy atom. The van der Waals surface area contributed by atoms with E-state index in [2.05, 4.69) is 55.4 Å². The molecule has 0 amide bonds. The molecule has 5 rings (SSSR count). The Hall–Kier alpha value is -0.120. The summed E-state index contributed by atoms with van der Waals surface area (Å²) in [7, 11) is 0. The maximum absolute atomic E-state index is 12.3. The monoisotopic (exact) mass is 488 g/mol. The van der Waals surface area contributed by atoms with Gasteiger partial charge < -0.3 is 14.6 Å². The van der Waals surface area contributed by atoms with Crippen LogP contribution in [0.2, 0.25) is 0 Å². The van der Waals surface area contributed by atoms with Crippen LogP contribution in [0.3, 0.4) is 0 Å². The first-order chi connectivity index (χ1) is 16.3. The fraction of sp³-hybridized carbons (Fsp3) is 1.00. The van der Waals surface area contributed by atoms with Gasteiger partial charge in [-0.05, 0) is 97.7 Å². The van der Waals surface area contributed by atoms with Gasteiger partial charge in [0.15, 0.2) is 5.79 Å². The molecule has 5 aliphatic rings. The third-order valence-corrected chi connectivity index (χ3v) is 13.0. The van der Waals surface area contributed by atoms with Gasteiger partial charge in [0, 0.05) is 11.8 Å². The maximum Gasteiger partial charge on any atom is 0.173 e. The molecule has 0 bridgehead atoms. The highest BCUT2D eigenvalue weighted by atomic mass is 16.7. The summed E-state index contributed by atoms with van der Waals surface area (Å²) in [6, 6.07) is 0. The molecule has 0 radical (unpaired) electrons. The lowest BCUT2D eigenvalue weighted by Crippen LogP contribution is -2.68. The highest BCUT2D eigenvalue weighted by Crippen LogP contribution is 2.73. The van der Waals surface area contributed by atoms with Crippen molar-refractivity contribution in [1.82, 2.24) is 0 Å². The van der Waals surface area contributed by atoms with Crippen LogP contribution in [0.4, 0.5) is 0 Å². The van der Waals surface area contributed by atoms with Crippen molar-refractivity contribution in [2.45, 2.75) is 131 Å². The minimum Gasteiger partial charge on any atom is -0.390 e. The topological polar surface area (TPSA) is 38.7 Å². The highest BCUT2D eigenvalue weighted by Gasteiger charge is 2.71. The molecule has 1 saturated heterocycles. The van der Waals surface area contributed by atoms with Gasteiger partial charge in [-0.2, -0.15) is 0 Å². The second kappa shape index (κ2) is 8.70. The molecule has 1 aliphatic heterocycles. The van der Waals surface area contributed by atoms with Crippen molar-refractivity contribution in [3.05, 3.63) is 0 Å². The van der Waals surface area contributed by atoms with Gasteiger partial charge in [-0.3, -0.25) is 0 Å². The fourth-order valence-electron chi connectivity index (χ4n) is 11.2. The Balaban J connectivity index is 1.41. The first kappa shape index (κ1) is 26.5. The number of hydrogen-bond acceptors (Lipinski definition) is 3. The molecular formula is C32H56O3. The van der Waals surface area contributed by atoms with Gasteiger partial charge >= 0.3 is 0 Å². The lowest BCUT2D eigenvalue weighted by molar-refractivity contribution is -0.319. The highest BCUT2D eigenvalue weighted by molar-refractivity contribution is 5.18. The van der Waals surface area contributed by atoms with E-state index in [1.54, 1.807) is 0 Å². The van der Waals surface area contributed by atoms with E-state index in [0.29, 0.717) is 42.3 Å². The van der Waals surface area contributed by atoms with E-state index in [0.717, 1.165) is 30.6 Å². The van der Waals surface area contributed by atoms with Crippen LogP contribution in [-0.2, 0) is 9.47 Å². The lowest BCUT2D eigenvalue weighted by atomic mass is 9.38. The molecule has 9 atom stereocenters. The molecule has 1 heterocycles. The fourth-order valence-corrected chi connectivity index (χ4v) is 11.2. The van der Waals surface area contributed by atoms with E-state index >= 15 is 0 Å². The van der Waals surface area contributed by atoms with Gasteiger partial charge in [-0.1, -0.05) is 67.7 Å². The van der Waals surface area contributed by atoms with Crippen molar-refractivity contribution in [2.75, 3.05) is 13.2 Å². The van der Waals surface area contributed by atoms with E-state index in [1.165, 1.54) is 51.4 Å².